The van der Waals surface area contributed by atoms with E-state index in [9.17, 15) is 25.9 Å². The molecule has 2 aromatic rings. The molecule has 0 spiro atoms. The third-order valence-electron chi connectivity index (χ3n) is 5.47. The van der Waals surface area contributed by atoms with Gasteiger partial charge in [-0.25, -0.2) is 0 Å². The number of rotatable bonds is 15. The molecule has 0 fully saturated rings. The van der Waals surface area contributed by atoms with E-state index in [1.54, 1.807) is 30.3 Å². The minimum atomic E-state index is -4.83. The molecule has 0 amide bonds. The van der Waals surface area contributed by atoms with Crippen molar-refractivity contribution in [3.05, 3.63) is 48.0 Å². The van der Waals surface area contributed by atoms with E-state index in [4.69, 9.17) is 4.74 Å². The van der Waals surface area contributed by atoms with Gasteiger partial charge in [0, 0.05) is 0 Å². The van der Waals surface area contributed by atoms with Gasteiger partial charge in [-0.15, -0.1) is 0 Å². The van der Waals surface area contributed by atoms with Crippen LogP contribution >= 0.6 is 0 Å². The lowest BCUT2D eigenvalue weighted by atomic mass is 10.0. The van der Waals surface area contributed by atoms with Crippen molar-refractivity contribution in [1.82, 2.24) is 0 Å². The predicted molar refractivity (Wildman–Crippen MR) is 128 cm³/mol. The van der Waals surface area contributed by atoms with Crippen LogP contribution in [-0.4, -0.2) is 25.9 Å². The van der Waals surface area contributed by atoms with Crippen LogP contribution in [0.5, 0.6) is 11.5 Å². The van der Waals surface area contributed by atoms with Crippen LogP contribution in [0.3, 0.4) is 0 Å². The van der Waals surface area contributed by atoms with Crippen LogP contribution in [0, 0.1) is 0 Å². The Labute approximate surface area is 197 Å². The van der Waals surface area contributed by atoms with Crippen LogP contribution in [0.2, 0.25) is 0 Å². The Bertz CT molecular complexity index is 1080. The Morgan fingerprint density at radius 1 is 0.697 bits per heavy atom. The summed E-state index contributed by atoms with van der Waals surface area (Å²) in [5, 5.41) is 0. The molecule has 0 radical (unpaired) electrons. The van der Waals surface area contributed by atoms with Crippen molar-refractivity contribution >= 4 is 20.2 Å². The van der Waals surface area contributed by atoms with Gasteiger partial charge in [0.2, 0.25) is 0 Å². The quantitative estimate of drug-likeness (QED) is 0.214. The van der Waals surface area contributed by atoms with E-state index in [0.29, 0.717) is 12.2 Å². The second-order valence-electron chi connectivity index (χ2n) is 8.17. The van der Waals surface area contributed by atoms with E-state index in [1.165, 1.54) is 32.1 Å². The van der Waals surface area contributed by atoms with E-state index in [-0.39, 0.29) is 17.7 Å². The minimum Gasteiger partial charge on any atom is -0.456 e. The van der Waals surface area contributed by atoms with Gasteiger partial charge in [-0.05, 0) is 42.7 Å². The lowest BCUT2D eigenvalue weighted by molar-refractivity contribution is 0.444. The van der Waals surface area contributed by atoms with Crippen molar-refractivity contribution in [3.8, 4) is 11.5 Å². The number of hydrogen-bond donors (Lipinski definition) is 2. The molecule has 184 valence electrons. The van der Waals surface area contributed by atoms with Crippen LogP contribution in [0.25, 0.3) is 0 Å². The fourth-order valence-corrected chi connectivity index (χ4v) is 5.54. The molecule has 2 aromatic carbocycles. The Hall–Kier alpha value is -1.94. The lowest BCUT2D eigenvalue weighted by Crippen LogP contribution is -2.12. The van der Waals surface area contributed by atoms with Crippen molar-refractivity contribution in [3.63, 3.8) is 0 Å². The zero-order valence-electron chi connectivity index (χ0n) is 19.1. The SMILES string of the molecule is CCCCCCCCCCCCc1c(S(=O)(=O)O)ccc(Oc2ccccc2)c1S(=O)(=O)O. The number of ether oxygens (including phenoxy) is 1. The fraction of sp³-hybridized carbons (Fsp3) is 0.500. The van der Waals surface area contributed by atoms with Gasteiger partial charge in [0.15, 0.2) is 0 Å². The molecule has 9 heteroatoms. The Balaban J connectivity index is 2.16. The highest BCUT2D eigenvalue weighted by molar-refractivity contribution is 7.86. The van der Waals surface area contributed by atoms with E-state index in [0.717, 1.165) is 37.8 Å². The van der Waals surface area contributed by atoms with Gasteiger partial charge in [-0.2, -0.15) is 16.8 Å². The summed E-state index contributed by atoms with van der Waals surface area (Å²) in [6, 6.07) is 10.6. The molecule has 0 aliphatic rings. The molecule has 0 atom stereocenters. The second-order valence-corrected chi connectivity index (χ2v) is 10.9. The van der Waals surface area contributed by atoms with Crippen molar-refractivity contribution in [2.75, 3.05) is 0 Å². The molecule has 0 heterocycles. The first-order valence-electron chi connectivity index (χ1n) is 11.5. The van der Waals surface area contributed by atoms with Crippen molar-refractivity contribution in [1.29, 1.82) is 0 Å². The van der Waals surface area contributed by atoms with Crippen molar-refractivity contribution < 1.29 is 30.7 Å². The average Bonchev–Trinajstić information content (AvgIpc) is 2.74. The Kier molecular flexibility index (Phi) is 10.8. The van der Waals surface area contributed by atoms with Gasteiger partial charge in [0.1, 0.15) is 16.4 Å². The van der Waals surface area contributed by atoms with Gasteiger partial charge in [-0.3, -0.25) is 9.11 Å². The first-order chi connectivity index (χ1) is 15.6. The molecule has 7 nitrogen and oxygen atoms in total. The summed E-state index contributed by atoms with van der Waals surface area (Å²) in [5.41, 5.74) is -0.159. The molecule has 33 heavy (non-hydrogen) atoms. The Morgan fingerprint density at radius 2 is 1.24 bits per heavy atom. The van der Waals surface area contributed by atoms with Crippen LogP contribution in [0.15, 0.2) is 52.3 Å². The summed E-state index contributed by atoms with van der Waals surface area (Å²) >= 11 is 0. The van der Waals surface area contributed by atoms with E-state index >= 15 is 0 Å². The van der Waals surface area contributed by atoms with E-state index < -0.39 is 30.0 Å². The largest absolute Gasteiger partial charge is 0.456 e. The van der Waals surface area contributed by atoms with E-state index in [1.807, 2.05) is 0 Å². The topological polar surface area (TPSA) is 118 Å². The maximum Gasteiger partial charge on any atom is 0.298 e. The smallest absolute Gasteiger partial charge is 0.298 e. The molecule has 0 aliphatic heterocycles. The summed E-state index contributed by atoms with van der Waals surface area (Å²) < 4.78 is 73.5. The first kappa shape index (κ1) is 27.3. The molecule has 2 N–H and O–H groups in total. The molecule has 0 bridgehead atoms. The first-order valence-corrected chi connectivity index (χ1v) is 14.4. The third kappa shape index (κ3) is 9.08. The number of para-hydroxylation sites is 1. The maximum absolute atomic E-state index is 12.2. The lowest BCUT2D eigenvalue weighted by Gasteiger charge is -2.16. The van der Waals surface area contributed by atoms with E-state index in [2.05, 4.69) is 6.92 Å². The molecule has 2 rings (SSSR count). The molecule has 0 aromatic heterocycles. The zero-order chi connectivity index (χ0) is 24.3. The van der Waals surface area contributed by atoms with Gasteiger partial charge in [0.05, 0.1) is 4.90 Å². The molecular weight excluding hydrogens is 464 g/mol. The van der Waals surface area contributed by atoms with Gasteiger partial charge >= 0.3 is 0 Å². The zero-order valence-corrected chi connectivity index (χ0v) is 20.7. The molecular formula is C24H34O7S2. The summed E-state index contributed by atoms with van der Waals surface area (Å²) in [5.74, 6) is 0.130. The average molecular weight is 499 g/mol. The molecule has 0 saturated carbocycles. The van der Waals surface area contributed by atoms with Crippen LogP contribution < -0.4 is 4.74 Å². The molecule has 0 saturated heterocycles. The summed E-state index contributed by atoms with van der Waals surface area (Å²) in [4.78, 5) is -1.16. The minimum absolute atomic E-state index is 0.0622. The van der Waals surface area contributed by atoms with Crippen LogP contribution in [0.1, 0.15) is 76.7 Å². The third-order valence-corrected chi connectivity index (χ3v) is 7.37. The summed E-state index contributed by atoms with van der Waals surface area (Å²) in [6.45, 7) is 2.18. The van der Waals surface area contributed by atoms with Crippen molar-refractivity contribution in [2.45, 2.75) is 87.3 Å². The van der Waals surface area contributed by atoms with Crippen LogP contribution in [0.4, 0.5) is 0 Å². The summed E-state index contributed by atoms with van der Waals surface area (Å²) in [7, 11) is -9.53. The fourth-order valence-electron chi connectivity index (χ4n) is 3.83. The normalized spacial score (nSPS) is 12.1. The van der Waals surface area contributed by atoms with Gasteiger partial charge in [0.25, 0.3) is 20.2 Å². The molecule has 0 aliphatic carbocycles. The number of unbranched alkanes of at least 4 members (excludes halogenated alkanes) is 9. The highest BCUT2D eigenvalue weighted by Gasteiger charge is 2.28. The van der Waals surface area contributed by atoms with Crippen molar-refractivity contribution in [2.24, 2.45) is 0 Å². The Morgan fingerprint density at radius 3 is 1.76 bits per heavy atom. The summed E-state index contributed by atoms with van der Waals surface area (Å²) in [6.07, 6.45) is 10.6. The number of benzene rings is 2. The monoisotopic (exact) mass is 498 g/mol. The molecule has 0 unspecified atom stereocenters. The number of hydrogen-bond acceptors (Lipinski definition) is 5. The van der Waals surface area contributed by atoms with Crippen LogP contribution in [-0.2, 0) is 26.7 Å². The predicted octanol–water partition coefficient (Wildman–Crippen LogP) is 6.44. The maximum atomic E-state index is 12.2. The highest BCUT2D eigenvalue weighted by atomic mass is 32.2. The van der Waals surface area contributed by atoms with Gasteiger partial charge < -0.3 is 4.74 Å². The standard InChI is InChI=1S/C24H34O7S2/c1-2-3-4-5-6-7-8-9-10-14-17-21-23(32(25,26)27)19-18-22(24(21)33(28,29)30)31-20-15-12-11-13-16-20/h11-13,15-16,18-19H,2-10,14,17H2,1H3,(H,25,26,27)(H,28,29,30). The second kappa shape index (κ2) is 13.1. The van der Waals surface area contributed by atoms with Gasteiger partial charge in [-0.1, -0.05) is 82.9 Å². The highest BCUT2D eigenvalue weighted by Crippen LogP contribution is 2.36.